The van der Waals surface area contributed by atoms with E-state index < -0.39 is 0 Å². The van der Waals surface area contributed by atoms with Crippen molar-refractivity contribution < 1.29 is 4.74 Å². The second-order valence-electron chi connectivity index (χ2n) is 4.75. The highest BCUT2D eigenvalue weighted by molar-refractivity contribution is 7.71. The summed E-state index contributed by atoms with van der Waals surface area (Å²) < 4.78 is 8.44. The molecule has 1 aliphatic heterocycles. The Morgan fingerprint density at radius 3 is 3.00 bits per heavy atom. The first-order chi connectivity index (χ1) is 8.68. The van der Waals surface area contributed by atoms with Crippen LogP contribution < -0.4 is 4.74 Å². The summed E-state index contributed by atoms with van der Waals surface area (Å²) in [6.07, 6.45) is 0. The van der Waals surface area contributed by atoms with Crippen molar-refractivity contribution >= 4 is 12.2 Å². The first-order valence-electron chi connectivity index (χ1n) is 6.07. The Bertz CT molecular complexity index is 629. The van der Waals surface area contributed by atoms with Crippen LogP contribution in [0.4, 0.5) is 0 Å². The normalized spacial score (nSPS) is 17.8. The van der Waals surface area contributed by atoms with Crippen molar-refractivity contribution in [2.75, 3.05) is 6.61 Å². The number of benzene rings is 1. The molecule has 0 radical (unpaired) electrons. The van der Waals surface area contributed by atoms with E-state index in [1.807, 2.05) is 18.2 Å². The van der Waals surface area contributed by atoms with Crippen molar-refractivity contribution in [2.45, 2.75) is 25.8 Å². The largest absolute Gasteiger partial charge is 0.492 e. The molecule has 1 aromatic carbocycles. The minimum Gasteiger partial charge on any atom is -0.492 e. The van der Waals surface area contributed by atoms with E-state index in [1.54, 1.807) is 0 Å². The molecule has 94 valence electrons. The molecule has 0 spiro atoms. The van der Waals surface area contributed by atoms with Crippen LogP contribution in [0, 0.1) is 4.77 Å². The molecule has 2 aromatic rings. The molecule has 2 heterocycles. The van der Waals surface area contributed by atoms with Crippen molar-refractivity contribution in [2.24, 2.45) is 0 Å². The second-order valence-corrected chi connectivity index (χ2v) is 5.14. The van der Waals surface area contributed by atoms with Gasteiger partial charge < -0.3 is 9.30 Å². The molecule has 4 nitrogen and oxygen atoms in total. The third-order valence-corrected chi connectivity index (χ3v) is 3.55. The molecule has 0 fully saturated rings. The van der Waals surface area contributed by atoms with Gasteiger partial charge in [0.1, 0.15) is 18.2 Å². The quantitative estimate of drug-likeness (QED) is 0.845. The Hall–Kier alpha value is -1.62. The van der Waals surface area contributed by atoms with Crippen LogP contribution in [-0.2, 0) is 0 Å². The highest BCUT2D eigenvalue weighted by atomic mass is 32.1. The van der Waals surface area contributed by atoms with Gasteiger partial charge in [0.05, 0.1) is 5.92 Å². The SMILES string of the molecule is CC(C)n1c(C2COc3ccccc32)n[nH]c1=S. The fourth-order valence-corrected chi connectivity index (χ4v) is 2.79. The summed E-state index contributed by atoms with van der Waals surface area (Å²) in [4.78, 5) is 0. The molecule has 1 unspecified atom stereocenters. The van der Waals surface area contributed by atoms with Crippen LogP contribution in [0.15, 0.2) is 24.3 Å². The molecule has 1 aromatic heterocycles. The van der Waals surface area contributed by atoms with Crippen molar-refractivity contribution in [1.82, 2.24) is 14.8 Å². The molecule has 0 bridgehead atoms. The molecule has 3 rings (SSSR count). The van der Waals surface area contributed by atoms with Gasteiger partial charge in [-0.15, -0.1) is 0 Å². The van der Waals surface area contributed by atoms with E-state index in [4.69, 9.17) is 17.0 Å². The van der Waals surface area contributed by atoms with Crippen LogP contribution >= 0.6 is 12.2 Å². The summed E-state index contributed by atoms with van der Waals surface area (Å²) in [5, 5.41) is 7.27. The van der Waals surface area contributed by atoms with Gasteiger partial charge in [-0.2, -0.15) is 5.10 Å². The lowest BCUT2D eigenvalue weighted by Gasteiger charge is -2.14. The predicted octanol–water partition coefficient (Wildman–Crippen LogP) is 3.05. The number of ether oxygens (including phenoxy) is 1. The van der Waals surface area contributed by atoms with Gasteiger partial charge >= 0.3 is 0 Å². The van der Waals surface area contributed by atoms with Crippen molar-refractivity contribution in [3.63, 3.8) is 0 Å². The third kappa shape index (κ3) is 1.66. The molecule has 0 aliphatic carbocycles. The lowest BCUT2D eigenvalue weighted by molar-refractivity contribution is 0.335. The Morgan fingerprint density at radius 1 is 1.44 bits per heavy atom. The predicted molar refractivity (Wildman–Crippen MR) is 71.6 cm³/mol. The van der Waals surface area contributed by atoms with Gasteiger partial charge in [0.25, 0.3) is 0 Å². The molecule has 5 heteroatoms. The summed E-state index contributed by atoms with van der Waals surface area (Å²) in [5.41, 5.74) is 1.19. The zero-order valence-electron chi connectivity index (χ0n) is 10.4. The Morgan fingerprint density at radius 2 is 2.22 bits per heavy atom. The van der Waals surface area contributed by atoms with Crippen molar-refractivity contribution in [3.05, 3.63) is 40.4 Å². The van der Waals surface area contributed by atoms with Gasteiger partial charge in [-0.05, 0) is 32.1 Å². The van der Waals surface area contributed by atoms with Gasteiger partial charge in [-0.1, -0.05) is 18.2 Å². The number of hydrogen-bond donors (Lipinski definition) is 1. The van der Waals surface area contributed by atoms with Crippen LogP contribution in [-0.4, -0.2) is 21.4 Å². The Kier molecular flexibility index (Phi) is 2.70. The van der Waals surface area contributed by atoms with E-state index in [9.17, 15) is 0 Å². The molecular weight excluding hydrogens is 246 g/mol. The number of rotatable bonds is 2. The summed E-state index contributed by atoms with van der Waals surface area (Å²) in [6, 6.07) is 8.40. The van der Waals surface area contributed by atoms with Crippen LogP contribution in [0.5, 0.6) is 5.75 Å². The van der Waals surface area contributed by atoms with E-state index in [-0.39, 0.29) is 5.92 Å². The van der Waals surface area contributed by atoms with Crippen LogP contribution in [0.1, 0.15) is 37.2 Å². The van der Waals surface area contributed by atoms with Gasteiger partial charge in [0, 0.05) is 11.6 Å². The molecule has 1 aliphatic rings. The van der Waals surface area contributed by atoms with Crippen molar-refractivity contribution in [1.29, 1.82) is 0 Å². The van der Waals surface area contributed by atoms with Gasteiger partial charge in [-0.25, -0.2) is 0 Å². The van der Waals surface area contributed by atoms with Crippen LogP contribution in [0.25, 0.3) is 0 Å². The number of para-hydroxylation sites is 1. The maximum Gasteiger partial charge on any atom is 0.195 e. The molecule has 0 saturated heterocycles. The van der Waals surface area contributed by atoms with Gasteiger partial charge in [0.2, 0.25) is 0 Å². The second kappa shape index (κ2) is 4.24. The third-order valence-electron chi connectivity index (χ3n) is 3.26. The smallest absolute Gasteiger partial charge is 0.195 e. The topological polar surface area (TPSA) is 42.8 Å². The maximum atomic E-state index is 5.71. The lowest BCUT2D eigenvalue weighted by Crippen LogP contribution is -2.13. The number of aromatic amines is 1. The summed E-state index contributed by atoms with van der Waals surface area (Å²) in [6.45, 7) is 4.85. The molecule has 0 amide bonds. The fourth-order valence-electron chi connectivity index (χ4n) is 2.44. The number of nitrogens with zero attached hydrogens (tertiary/aromatic N) is 2. The number of hydrogen-bond acceptors (Lipinski definition) is 3. The number of fused-ring (bicyclic) bond motifs is 1. The average Bonchev–Trinajstić information content (AvgIpc) is 2.92. The summed E-state index contributed by atoms with van der Waals surface area (Å²) >= 11 is 5.29. The standard InChI is InChI=1S/C13H15N3OS/c1-8(2)16-12(14-15-13(16)18)10-7-17-11-6-4-3-5-9(10)11/h3-6,8,10H,7H2,1-2H3,(H,15,18). The Labute approximate surface area is 111 Å². The maximum absolute atomic E-state index is 5.71. The first-order valence-corrected chi connectivity index (χ1v) is 6.48. The van der Waals surface area contributed by atoms with E-state index in [1.165, 1.54) is 5.56 Å². The van der Waals surface area contributed by atoms with Crippen LogP contribution in [0.2, 0.25) is 0 Å². The van der Waals surface area contributed by atoms with Gasteiger partial charge in [-0.3, -0.25) is 5.10 Å². The minimum absolute atomic E-state index is 0.163. The summed E-state index contributed by atoms with van der Waals surface area (Å²) in [5.74, 6) is 2.07. The van der Waals surface area contributed by atoms with E-state index in [0.29, 0.717) is 17.4 Å². The summed E-state index contributed by atoms with van der Waals surface area (Å²) in [7, 11) is 0. The fraction of sp³-hybridized carbons (Fsp3) is 0.385. The molecule has 1 atom stereocenters. The van der Waals surface area contributed by atoms with E-state index >= 15 is 0 Å². The minimum atomic E-state index is 0.163. The van der Waals surface area contributed by atoms with Crippen LogP contribution in [0.3, 0.4) is 0 Å². The van der Waals surface area contributed by atoms with Crippen molar-refractivity contribution in [3.8, 4) is 5.75 Å². The van der Waals surface area contributed by atoms with Gasteiger partial charge in [0.15, 0.2) is 4.77 Å². The monoisotopic (exact) mass is 261 g/mol. The van der Waals surface area contributed by atoms with E-state index in [0.717, 1.165) is 11.6 Å². The van der Waals surface area contributed by atoms with E-state index in [2.05, 4.69) is 34.7 Å². The number of H-pyrrole nitrogens is 1. The number of nitrogens with one attached hydrogen (secondary N) is 1. The molecular formula is C13H15N3OS. The highest BCUT2D eigenvalue weighted by Gasteiger charge is 2.29. The molecule has 1 N–H and O–H groups in total. The average molecular weight is 261 g/mol. The zero-order valence-corrected chi connectivity index (χ0v) is 11.2. The number of aromatic nitrogens is 3. The first kappa shape index (κ1) is 11.5. The molecule has 18 heavy (non-hydrogen) atoms. The highest BCUT2D eigenvalue weighted by Crippen LogP contribution is 2.37. The Balaban J connectivity index is 2.11. The molecule has 0 saturated carbocycles. The zero-order chi connectivity index (χ0) is 12.7. The lowest BCUT2D eigenvalue weighted by atomic mass is 10.0.